The smallest absolute Gasteiger partial charge is 0.203 e. The Morgan fingerprint density at radius 1 is 0.929 bits per heavy atom. The third kappa shape index (κ3) is 3.49. The lowest BCUT2D eigenvalue weighted by molar-refractivity contribution is 0.155. The summed E-state index contributed by atoms with van der Waals surface area (Å²) in [7, 11) is 0. The predicted molar refractivity (Wildman–Crippen MR) is 112 cm³/mol. The van der Waals surface area contributed by atoms with Gasteiger partial charge in [0.2, 0.25) is 5.62 Å². The third-order valence-electron chi connectivity index (χ3n) is 5.08. The van der Waals surface area contributed by atoms with E-state index in [4.69, 9.17) is 17.0 Å². The number of aromatic nitrogens is 2. The van der Waals surface area contributed by atoms with Crippen LogP contribution >= 0.6 is 11.6 Å². The Labute approximate surface area is 168 Å². The average molecular weight is 392 g/mol. The van der Waals surface area contributed by atoms with Gasteiger partial charge < -0.3 is 14.2 Å². The lowest BCUT2D eigenvalue weighted by atomic mass is 10.1. The van der Waals surface area contributed by atoms with E-state index in [0.29, 0.717) is 23.7 Å². The Morgan fingerprint density at radius 2 is 1.57 bits per heavy atom. The summed E-state index contributed by atoms with van der Waals surface area (Å²) in [4.78, 5) is 0. The first-order valence-corrected chi connectivity index (χ1v) is 9.63. The van der Waals surface area contributed by atoms with E-state index in [2.05, 4.69) is 12.1 Å². The molecule has 0 bridgehead atoms. The molecule has 142 valence electrons. The molecule has 0 saturated carbocycles. The van der Waals surface area contributed by atoms with Crippen LogP contribution in [0.25, 0.3) is 11.0 Å². The zero-order valence-electron chi connectivity index (χ0n) is 15.6. The van der Waals surface area contributed by atoms with E-state index in [1.807, 2.05) is 70.7 Å². The number of nitrogens with zero attached hydrogens (tertiary/aromatic N) is 2. The van der Waals surface area contributed by atoms with Crippen molar-refractivity contribution in [2.24, 2.45) is 0 Å². The van der Waals surface area contributed by atoms with Gasteiger partial charge >= 0.3 is 0 Å². The maximum absolute atomic E-state index is 10.8. The minimum Gasteiger partial charge on any atom is -0.387 e. The maximum Gasteiger partial charge on any atom is 0.203 e. The fourth-order valence-electron chi connectivity index (χ4n) is 3.56. The minimum absolute atomic E-state index is 0.308. The molecule has 0 radical (unpaired) electrons. The number of imidazole rings is 1. The second kappa shape index (κ2) is 7.66. The van der Waals surface area contributed by atoms with Crippen molar-refractivity contribution in [1.29, 1.82) is 5.41 Å². The first kappa shape index (κ1) is 18.5. The Hall–Kier alpha value is -2.82. The SMILES string of the molecule is Cc1cc(C(O)Cn2c(=N)n(Cc3ccccc3)c3ccccc32)ccc1Cl. The topological polar surface area (TPSA) is 53.9 Å². The molecule has 1 atom stereocenters. The molecule has 0 spiro atoms. The number of halogens is 1. The summed E-state index contributed by atoms with van der Waals surface area (Å²) in [5.74, 6) is 0. The Bertz CT molecular complexity index is 1180. The molecule has 1 aromatic heterocycles. The average Bonchev–Trinajstić information content (AvgIpc) is 2.97. The van der Waals surface area contributed by atoms with E-state index in [0.717, 1.165) is 27.7 Å². The van der Waals surface area contributed by atoms with Gasteiger partial charge in [-0.05, 0) is 41.8 Å². The number of aliphatic hydroxyl groups excluding tert-OH is 1. The lowest BCUT2D eigenvalue weighted by Gasteiger charge is -2.14. The van der Waals surface area contributed by atoms with Gasteiger partial charge in [0.15, 0.2) is 0 Å². The van der Waals surface area contributed by atoms with Crippen LogP contribution in [0, 0.1) is 12.3 Å². The lowest BCUT2D eigenvalue weighted by Crippen LogP contribution is -2.27. The largest absolute Gasteiger partial charge is 0.387 e. The molecule has 2 N–H and O–H groups in total. The van der Waals surface area contributed by atoms with E-state index >= 15 is 0 Å². The molecule has 0 saturated heterocycles. The van der Waals surface area contributed by atoms with Gasteiger partial charge in [-0.15, -0.1) is 0 Å². The molecule has 5 heteroatoms. The van der Waals surface area contributed by atoms with Crippen LogP contribution in [0.15, 0.2) is 72.8 Å². The molecule has 3 aromatic carbocycles. The molecule has 1 unspecified atom stereocenters. The summed E-state index contributed by atoms with van der Waals surface area (Å²) >= 11 is 6.11. The molecule has 0 fully saturated rings. The van der Waals surface area contributed by atoms with E-state index in [-0.39, 0.29) is 0 Å². The summed E-state index contributed by atoms with van der Waals surface area (Å²) in [6.07, 6.45) is -0.721. The molecule has 0 aliphatic rings. The van der Waals surface area contributed by atoms with Crippen molar-refractivity contribution >= 4 is 22.6 Å². The summed E-state index contributed by atoms with van der Waals surface area (Å²) in [6, 6.07) is 23.6. The molecule has 28 heavy (non-hydrogen) atoms. The van der Waals surface area contributed by atoms with Crippen LogP contribution in [-0.4, -0.2) is 14.2 Å². The van der Waals surface area contributed by atoms with Gasteiger partial charge in [-0.2, -0.15) is 0 Å². The second-order valence-corrected chi connectivity index (χ2v) is 7.43. The number of hydrogen-bond acceptors (Lipinski definition) is 2. The van der Waals surface area contributed by atoms with Crippen molar-refractivity contribution in [3.8, 4) is 0 Å². The van der Waals surface area contributed by atoms with E-state index in [1.165, 1.54) is 0 Å². The van der Waals surface area contributed by atoms with Crippen LogP contribution in [0.3, 0.4) is 0 Å². The number of rotatable bonds is 5. The molecule has 0 aliphatic carbocycles. The van der Waals surface area contributed by atoms with Crippen LogP contribution < -0.4 is 5.62 Å². The first-order valence-electron chi connectivity index (χ1n) is 9.25. The Kier molecular flexibility index (Phi) is 5.07. The third-order valence-corrected chi connectivity index (χ3v) is 5.50. The number of aliphatic hydroxyl groups is 1. The summed E-state index contributed by atoms with van der Waals surface area (Å²) in [5, 5.41) is 20.3. The number of nitrogens with one attached hydrogen (secondary N) is 1. The van der Waals surface area contributed by atoms with Crippen LogP contribution in [0.2, 0.25) is 5.02 Å². The van der Waals surface area contributed by atoms with E-state index < -0.39 is 6.10 Å². The first-order chi connectivity index (χ1) is 13.5. The highest BCUT2D eigenvalue weighted by Crippen LogP contribution is 2.23. The van der Waals surface area contributed by atoms with Gasteiger partial charge in [-0.25, -0.2) is 0 Å². The summed E-state index contributed by atoms with van der Waals surface area (Å²) < 4.78 is 3.84. The number of benzene rings is 3. The van der Waals surface area contributed by atoms with Crippen LogP contribution in [0.1, 0.15) is 22.8 Å². The molecular formula is C23H22ClN3O. The van der Waals surface area contributed by atoms with Gasteiger partial charge in [0.25, 0.3) is 0 Å². The van der Waals surface area contributed by atoms with Crippen molar-refractivity contribution in [2.75, 3.05) is 0 Å². The van der Waals surface area contributed by atoms with E-state index in [9.17, 15) is 5.11 Å². The zero-order valence-corrected chi connectivity index (χ0v) is 16.4. The van der Waals surface area contributed by atoms with Crippen LogP contribution in [0.5, 0.6) is 0 Å². The molecule has 0 amide bonds. The highest BCUT2D eigenvalue weighted by atomic mass is 35.5. The molecule has 4 rings (SSSR count). The number of aryl methyl sites for hydroxylation is 1. The number of para-hydroxylation sites is 2. The number of hydrogen-bond donors (Lipinski definition) is 2. The maximum atomic E-state index is 10.8. The molecule has 1 heterocycles. The van der Waals surface area contributed by atoms with Gasteiger partial charge in [-0.3, -0.25) is 5.41 Å². The zero-order chi connectivity index (χ0) is 19.7. The van der Waals surface area contributed by atoms with Crippen molar-refractivity contribution in [3.63, 3.8) is 0 Å². The standard InChI is InChI=1S/C23H22ClN3O/c1-16-13-18(11-12-19(16)24)22(28)15-27-21-10-6-5-9-20(21)26(23(27)25)14-17-7-3-2-4-8-17/h2-13,22,25,28H,14-15H2,1H3. The molecule has 4 nitrogen and oxygen atoms in total. The van der Waals surface area contributed by atoms with Crippen molar-refractivity contribution in [2.45, 2.75) is 26.1 Å². The van der Waals surface area contributed by atoms with Crippen LogP contribution in [-0.2, 0) is 13.1 Å². The van der Waals surface area contributed by atoms with Crippen molar-refractivity contribution < 1.29 is 5.11 Å². The van der Waals surface area contributed by atoms with Crippen LogP contribution in [0.4, 0.5) is 0 Å². The summed E-state index contributed by atoms with van der Waals surface area (Å²) in [5.41, 5.74) is 5.16. The Morgan fingerprint density at radius 3 is 2.25 bits per heavy atom. The Balaban J connectivity index is 1.74. The normalized spacial score (nSPS) is 12.4. The van der Waals surface area contributed by atoms with E-state index in [1.54, 1.807) is 6.07 Å². The highest BCUT2D eigenvalue weighted by Gasteiger charge is 2.16. The summed E-state index contributed by atoms with van der Waals surface area (Å²) in [6.45, 7) is 2.85. The highest BCUT2D eigenvalue weighted by molar-refractivity contribution is 6.31. The molecule has 4 aromatic rings. The van der Waals surface area contributed by atoms with Gasteiger partial charge in [0.05, 0.1) is 30.2 Å². The molecular weight excluding hydrogens is 370 g/mol. The molecule has 0 aliphatic heterocycles. The van der Waals surface area contributed by atoms with Crippen molar-refractivity contribution in [3.05, 3.63) is 100 Å². The monoisotopic (exact) mass is 391 g/mol. The number of fused-ring (bicyclic) bond motifs is 1. The quantitative estimate of drug-likeness (QED) is 0.510. The fourth-order valence-corrected chi connectivity index (χ4v) is 3.68. The van der Waals surface area contributed by atoms with Gasteiger partial charge in [0.1, 0.15) is 0 Å². The van der Waals surface area contributed by atoms with Gasteiger partial charge in [0, 0.05) is 5.02 Å². The minimum atomic E-state index is -0.721. The second-order valence-electron chi connectivity index (χ2n) is 7.02. The fraction of sp³-hybridized carbons (Fsp3) is 0.174. The van der Waals surface area contributed by atoms with Gasteiger partial charge in [-0.1, -0.05) is 66.2 Å². The van der Waals surface area contributed by atoms with Crippen molar-refractivity contribution in [1.82, 2.24) is 9.13 Å². The predicted octanol–water partition coefficient (Wildman–Crippen LogP) is 4.67.